The fraction of sp³-hybridized carbons (Fsp3) is 0.235. The number of benzene rings is 2. The van der Waals surface area contributed by atoms with Crippen LogP contribution in [0.15, 0.2) is 54.6 Å². The van der Waals surface area contributed by atoms with Crippen LogP contribution in [-0.4, -0.2) is 35.3 Å². The van der Waals surface area contributed by atoms with E-state index >= 15 is 0 Å². The number of carbonyl (C=O) groups excluding carboxylic acids is 1. The Kier molecular flexibility index (Phi) is 3.99. The van der Waals surface area contributed by atoms with Crippen molar-refractivity contribution in [1.29, 1.82) is 0 Å². The number of aliphatic hydroxyl groups is 1. The van der Waals surface area contributed by atoms with Gasteiger partial charge in [-0.3, -0.25) is 9.63 Å². The Morgan fingerprint density at radius 1 is 1.10 bits per heavy atom. The summed E-state index contributed by atoms with van der Waals surface area (Å²) in [5, 5.41) is 10.6. The van der Waals surface area contributed by atoms with E-state index in [1.807, 2.05) is 42.5 Å². The Bertz CT molecular complexity index is 610. The van der Waals surface area contributed by atoms with Crippen LogP contribution in [0, 0.1) is 0 Å². The molecule has 0 spiro atoms. The van der Waals surface area contributed by atoms with Crippen LogP contribution in [0.2, 0.25) is 0 Å². The molecule has 2 aromatic rings. The van der Waals surface area contributed by atoms with Gasteiger partial charge in [-0.25, -0.2) is 5.06 Å². The molecule has 1 aliphatic rings. The van der Waals surface area contributed by atoms with E-state index in [0.717, 1.165) is 16.7 Å². The number of rotatable bonds is 3. The lowest BCUT2D eigenvalue weighted by Gasteiger charge is -2.13. The van der Waals surface area contributed by atoms with Crippen LogP contribution in [-0.2, 0) is 16.1 Å². The summed E-state index contributed by atoms with van der Waals surface area (Å²) in [6.45, 7) is 0.444. The van der Waals surface area contributed by atoms with E-state index < -0.39 is 6.10 Å². The molecule has 1 amide bonds. The minimum absolute atomic E-state index is 0.126. The second kappa shape index (κ2) is 6.08. The molecule has 0 bridgehead atoms. The summed E-state index contributed by atoms with van der Waals surface area (Å²) < 4.78 is 0. The van der Waals surface area contributed by atoms with Gasteiger partial charge in [-0.1, -0.05) is 54.6 Å². The normalized spacial score (nSPS) is 18.0. The number of carbonyl (C=O) groups is 1. The molecule has 1 saturated heterocycles. The van der Waals surface area contributed by atoms with Gasteiger partial charge in [0, 0.05) is 0 Å². The number of hydroxylamine groups is 2. The molecular weight excluding hydrogens is 266 g/mol. The Morgan fingerprint density at radius 3 is 2.38 bits per heavy atom. The highest BCUT2D eigenvalue weighted by molar-refractivity contribution is 5.78. The summed E-state index contributed by atoms with van der Waals surface area (Å²) >= 11 is 0. The van der Waals surface area contributed by atoms with Crippen molar-refractivity contribution in [3.63, 3.8) is 0 Å². The maximum Gasteiger partial charge on any atom is 0.250 e. The number of β-amino-alcohol motifs (C(OH)–C–C–N with tert-alkyl or cyclic N) is 1. The predicted octanol–water partition coefficient (Wildman–Crippen LogP) is 2.03. The molecule has 1 atom stereocenters. The van der Waals surface area contributed by atoms with Crippen molar-refractivity contribution in [3.8, 4) is 11.1 Å². The monoisotopic (exact) mass is 283 g/mol. The summed E-state index contributed by atoms with van der Waals surface area (Å²) in [7, 11) is 0. The van der Waals surface area contributed by atoms with Gasteiger partial charge in [0.05, 0.1) is 19.1 Å². The van der Waals surface area contributed by atoms with Crippen LogP contribution in [0.1, 0.15) is 5.56 Å². The van der Waals surface area contributed by atoms with E-state index in [-0.39, 0.29) is 25.5 Å². The highest BCUT2D eigenvalue weighted by atomic mass is 16.7. The van der Waals surface area contributed by atoms with E-state index in [9.17, 15) is 9.90 Å². The predicted molar refractivity (Wildman–Crippen MR) is 79.3 cm³/mol. The van der Waals surface area contributed by atoms with Gasteiger partial charge in [0.15, 0.2) is 0 Å². The van der Waals surface area contributed by atoms with Crippen LogP contribution in [0.3, 0.4) is 0 Å². The standard InChI is InChI=1S/C17H17NO3/c19-16-11-18(21-12-16)17(20)10-13-6-8-15(9-7-13)14-4-2-1-3-5-14/h1-9,16,19H,10-12H2. The molecule has 2 aromatic carbocycles. The summed E-state index contributed by atoms with van der Waals surface area (Å²) in [6.07, 6.45) is -0.295. The van der Waals surface area contributed by atoms with Crippen molar-refractivity contribution in [2.75, 3.05) is 13.2 Å². The first kappa shape index (κ1) is 13.8. The summed E-state index contributed by atoms with van der Waals surface area (Å²) in [5.74, 6) is -0.126. The number of nitrogens with zero attached hydrogens (tertiary/aromatic N) is 1. The number of hydrogen-bond donors (Lipinski definition) is 1. The largest absolute Gasteiger partial charge is 0.389 e. The van der Waals surface area contributed by atoms with E-state index in [1.54, 1.807) is 0 Å². The van der Waals surface area contributed by atoms with Crippen molar-refractivity contribution < 1.29 is 14.7 Å². The Balaban J connectivity index is 1.66. The number of hydrogen-bond acceptors (Lipinski definition) is 3. The van der Waals surface area contributed by atoms with E-state index in [0.29, 0.717) is 0 Å². The lowest BCUT2D eigenvalue weighted by Crippen LogP contribution is -2.29. The van der Waals surface area contributed by atoms with E-state index in [4.69, 9.17) is 4.84 Å². The summed E-state index contributed by atoms with van der Waals surface area (Å²) in [4.78, 5) is 17.1. The van der Waals surface area contributed by atoms with Gasteiger partial charge in [0.2, 0.25) is 0 Å². The third kappa shape index (κ3) is 3.29. The van der Waals surface area contributed by atoms with Gasteiger partial charge in [0.25, 0.3) is 5.91 Å². The Morgan fingerprint density at radius 2 is 1.76 bits per heavy atom. The van der Waals surface area contributed by atoms with Gasteiger partial charge in [0.1, 0.15) is 6.61 Å². The first-order chi connectivity index (χ1) is 10.2. The van der Waals surface area contributed by atoms with Gasteiger partial charge >= 0.3 is 0 Å². The third-order valence-corrected chi connectivity index (χ3v) is 3.49. The van der Waals surface area contributed by atoms with Gasteiger partial charge in [-0.2, -0.15) is 0 Å². The quantitative estimate of drug-likeness (QED) is 0.937. The second-order valence-electron chi connectivity index (χ2n) is 5.14. The first-order valence-electron chi connectivity index (χ1n) is 6.98. The highest BCUT2D eigenvalue weighted by Gasteiger charge is 2.25. The topological polar surface area (TPSA) is 49.8 Å². The van der Waals surface area contributed by atoms with E-state index in [2.05, 4.69) is 12.1 Å². The summed E-state index contributed by atoms with van der Waals surface area (Å²) in [5.41, 5.74) is 3.21. The molecule has 0 aliphatic carbocycles. The molecule has 0 saturated carbocycles. The molecule has 0 radical (unpaired) electrons. The molecule has 1 N–H and O–H groups in total. The highest BCUT2D eigenvalue weighted by Crippen LogP contribution is 2.19. The van der Waals surface area contributed by atoms with Crippen molar-refractivity contribution >= 4 is 5.91 Å². The number of amides is 1. The molecule has 1 aliphatic heterocycles. The average Bonchev–Trinajstić information content (AvgIpc) is 2.96. The van der Waals surface area contributed by atoms with Crippen molar-refractivity contribution in [3.05, 3.63) is 60.2 Å². The smallest absolute Gasteiger partial charge is 0.250 e. The fourth-order valence-electron chi connectivity index (χ4n) is 2.36. The second-order valence-corrected chi connectivity index (χ2v) is 5.14. The number of aliphatic hydroxyl groups excluding tert-OH is 1. The SMILES string of the molecule is O=C(Cc1ccc(-c2ccccc2)cc1)N1CC(O)CO1. The third-order valence-electron chi connectivity index (χ3n) is 3.49. The molecule has 4 heteroatoms. The maximum atomic E-state index is 12.0. The Hall–Kier alpha value is -2.17. The lowest BCUT2D eigenvalue weighted by molar-refractivity contribution is -0.167. The van der Waals surface area contributed by atoms with Crippen LogP contribution in [0.5, 0.6) is 0 Å². The molecule has 21 heavy (non-hydrogen) atoms. The molecule has 1 heterocycles. The zero-order valence-electron chi connectivity index (χ0n) is 11.6. The molecule has 4 nitrogen and oxygen atoms in total. The van der Waals surface area contributed by atoms with Gasteiger partial charge in [-0.15, -0.1) is 0 Å². The minimum atomic E-state index is -0.575. The lowest BCUT2D eigenvalue weighted by atomic mass is 10.0. The van der Waals surface area contributed by atoms with Crippen molar-refractivity contribution in [2.45, 2.75) is 12.5 Å². The van der Waals surface area contributed by atoms with Gasteiger partial charge in [-0.05, 0) is 16.7 Å². The van der Waals surface area contributed by atoms with Crippen molar-refractivity contribution in [2.24, 2.45) is 0 Å². The molecule has 1 fully saturated rings. The zero-order valence-corrected chi connectivity index (χ0v) is 11.6. The Labute approximate surface area is 123 Å². The van der Waals surface area contributed by atoms with Gasteiger partial charge < -0.3 is 5.11 Å². The fourth-order valence-corrected chi connectivity index (χ4v) is 2.36. The molecule has 108 valence electrons. The van der Waals surface area contributed by atoms with Crippen LogP contribution < -0.4 is 0 Å². The molecule has 3 rings (SSSR count). The summed E-state index contributed by atoms with van der Waals surface area (Å²) in [6, 6.07) is 18.0. The first-order valence-corrected chi connectivity index (χ1v) is 6.98. The van der Waals surface area contributed by atoms with E-state index in [1.165, 1.54) is 5.06 Å². The molecule has 0 aromatic heterocycles. The zero-order chi connectivity index (χ0) is 14.7. The molecular formula is C17H17NO3. The minimum Gasteiger partial charge on any atom is -0.389 e. The van der Waals surface area contributed by atoms with Crippen LogP contribution in [0.25, 0.3) is 11.1 Å². The molecule has 1 unspecified atom stereocenters. The van der Waals surface area contributed by atoms with Crippen molar-refractivity contribution in [1.82, 2.24) is 5.06 Å². The van der Waals surface area contributed by atoms with Crippen LogP contribution in [0.4, 0.5) is 0 Å². The average molecular weight is 283 g/mol. The van der Waals surface area contributed by atoms with Crippen LogP contribution >= 0.6 is 0 Å². The maximum absolute atomic E-state index is 12.0.